The summed E-state index contributed by atoms with van der Waals surface area (Å²) in [7, 11) is 0. The summed E-state index contributed by atoms with van der Waals surface area (Å²) in [5.74, 6) is -8.99. The predicted octanol–water partition coefficient (Wildman–Crippen LogP) is 0.514. The van der Waals surface area contributed by atoms with E-state index in [0.29, 0.717) is 6.92 Å². The van der Waals surface area contributed by atoms with Gasteiger partial charge in [-0.1, -0.05) is 0 Å². The quantitative estimate of drug-likeness (QED) is 0.575. The van der Waals surface area contributed by atoms with Gasteiger partial charge in [-0.3, -0.25) is 9.59 Å². The van der Waals surface area contributed by atoms with Crippen molar-refractivity contribution in [3.8, 4) is 0 Å². The standard InChI is InChI=1S/C7H8F6N2O2/c1-5(8,3(14)16)4(17)15-2-6(9,10)7(11,12)13/h2H2,1H3,(H2,14,16)(H,15,17). The van der Waals surface area contributed by atoms with E-state index in [4.69, 9.17) is 0 Å². The Kier molecular flexibility index (Phi) is 4.03. The van der Waals surface area contributed by atoms with Gasteiger partial charge in [0.15, 0.2) is 0 Å². The summed E-state index contributed by atoms with van der Waals surface area (Å²) in [6, 6.07) is 0. The lowest BCUT2D eigenvalue weighted by Gasteiger charge is -2.22. The smallest absolute Gasteiger partial charge is 0.366 e. The van der Waals surface area contributed by atoms with Gasteiger partial charge in [-0.2, -0.15) is 22.0 Å². The third-order valence-electron chi connectivity index (χ3n) is 1.77. The molecule has 0 aromatic rings. The van der Waals surface area contributed by atoms with Crippen LogP contribution >= 0.6 is 0 Å². The number of hydrogen-bond donors (Lipinski definition) is 2. The van der Waals surface area contributed by atoms with Crippen molar-refractivity contribution in [1.29, 1.82) is 0 Å². The molecule has 0 spiro atoms. The number of alkyl halides is 6. The van der Waals surface area contributed by atoms with E-state index in [9.17, 15) is 35.9 Å². The molecular weight excluding hydrogens is 258 g/mol. The van der Waals surface area contributed by atoms with E-state index < -0.39 is 36.1 Å². The zero-order valence-corrected chi connectivity index (χ0v) is 8.37. The van der Waals surface area contributed by atoms with Gasteiger partial charge in [0.1, 0.15) is 0 Å². The minimum absolute atomic E-state index is 0.344. The Morgan fingerprint density at radius 2 is 1.53 bits per heavy atom. The lowest BCUT2D eigenvalue weighted by Crippen LogP contribution is -2.54. The second-order valence-electron chi connectivity index (χ2n) is 3.25. The fourth-order valence-corrected chi connectivity index (χ4v) is 0.569. The molecule has 0 aliphatic carbocycles. The molecule has 17 heavy (non-hydrogen) atoms. The van der Waals surface area contributed by atoms with Crippen molar-refractivity contribution in [3.05, 3.63) is 0 Å². The molecule has 1 unspecified atom stereocenters. The minimum Gasteiger partial charge on any atom is -0.366 e. The Hall–Kier alpha value is -1.48. The van der Waals surface area contributed by atoms with Crippen molar-refractivity contribution < 1.29 is 35.9 Å². The zero-order valence-electron chi connectivity index (χ0n) is 8.37. The second kappa shape index (κ2) is 4.41. The van der Waals surface area contributed by atoms with Crippen molar-refractivity contribution >= 4 is 11.8 Å². The van der Waals surface area contributed by atoms with Gasteiger partial charge in [0.05, 0.1) is 6.54 Å². The number of amides is 2. The molecule has 0 fully saturated rings. The summed E-state index contributed by atoms with van der Waals surface area (Å²) in [4.78, 5) is 21.2. The van der Waals surface area contributed by atoms with Crippen LogP contribution < -0.4 is 11.1 Å². The first-order valence-corrected chi connectivity index (χ1v) is 4.04. The number of carbonyl (C=O) groups is 2. The Balaban J connectivity index is 4.61. The fourth-order valence-electron chi connectivity index (χ4n) is 0.569. The maximum Gasteiger partial charge on any atom is 0.455 e. The van der Waals surface area contributed by atoms with Crippen LogP contribution in [0.25, 0.3) is 0 Å². The largest absolute Gasteiger partial charge is 0.455 e. The molecule has 2 amide bonds. The Morgan fingerprint density at radius 1 is 1.12 bits per heavy atom. The zero-order chi connectivity index (χ0) is 14.1. The van der Waals surface area contributed by atoms with E-state index in [1.807, 2.05) is 0 Å². The normalized spacial score (nSPS) is 16.2. The van der Waals surface area contributed by atoms with Gasteiger partial charge in [0, 0.05) is 0 Å². The number of nitrogens with one attached hydrogen (secondary N) is 1. The van der Waals surface area contributed by atoms with Crippen LogP contribution in [0.4, 0.5) is 26.3 Å². The Morgan fingerprint density at radius 3 is 1.82 bits per heavy atom. The van der Waals surface area contributed by atoms with Crippen molar-refractivity contribution in [1.82, 2.24) is 5.32 Å². The highest BCUT2D eigenvalue weighted by Gasteiger charge is 2.58. The van der Waals surface area contributed by atoms with E-state index in [1.165, 1.54) is 0 Å². The number of hydrogen-bond acceptors (Lipinski definition) is 2. The number of nitrogens with two attached hydrogens (primary N) is 1. The molecule has 0 aliphatic rings. The molecule has 0 heterocycles. The molecule has 0 saturated heterocycles. The molecule has 0 saturated carbocycles. The molecule has 0 aromatic carbocycles. The van der Waals surface area contributed by atoms with E-state index in [1.54, 1.807) is 0 Å². The van der Waals surface area contributed by atoms with Crippen LogP contribution in [0.1, 0.15) is 6.92 Å². The number of primary amides is 1. The average Bonchev–Trinajstić information content (AvgIpc) is 2.11. The third-order valence-corrected chi connectivity index (χ3v) is 1.77. The van der Waals surface area contributed by atoms with Crippen LogP contribution in [0.15, 0.2) is 0 Å². The summed E-state index contributed by atoms with van der Waals surface area (Å²) >= 11 is 0. The Labute approximate surface area is 91.1 Å². The summed E-state index contributed by atoms with van der Waals surface area (Å²) in [5.41, 5.74) is 1.05. The molecule has 0 aliphatic heterocycles. The lowest BCUT2D eigenvalue weighted by molar-refractivity contribution is -0.278. The SMILES string of the molecule is CC(F)(C(N)=O)C(=O)NCC(F)(F)C(F)(F)F. The maximum atomic E-state index is 13.1. The van der Waals surface area contributed by atoms with Crippen molar-refractivity contribution in [2.45, 2.75) is 24.7 Å². The van der Waals surface area contributed by atoms with Crippen LogP contribution in [0.5, 0.6) is 0 Å². The summed E-state index contributed by atoms with van der Waals surface area (Å²) in [6.45, 7) is -1.83. The van der Waals surface area contributed by atoms with Crippen LogP contribution in [0.2, 0.25) is 0 Å². The minimum atomic E-state index is -5.89. The summed E-state index contributed by atoms with van der Waals surface area (Å²) in [6.07, 6.45) is -5.89. The molecule has 10 heteroatoms. The van der Waals surface area contributed by atoms with Gasteiger partial charge >= 0.3 is 12.1 Å². The van der Waals surface area contributed by atoms with E-state index in [2.05, 4.69) is 5.73 Å². The van der Waals surface area contributed by atoms with Gasteiger partial charge in [0.25, 0.3) is 17.5 Å². The van der Waals surface area contributed by atoms with Crippen molar-refractivity contribution in [2.75, 3.05) is 6.54 Å². The van der Waals surface area contributed by atoms with Crippen LogP contribution in [-0.4, -0.2) is 36.1 Å². The number of halogens is 6. The highest BCUT2D eigenvalue weighted by Crippen LogP contribution is 2.34. The fraction of sp³-hybridized carbons (Fsp3) is 0.714. The predicted molar refractivity (Wildman–Crippen MR) is 42.7 cm³/mol. The van der Waals surface area contributed by atoms with E-state index >= 15 is 0 Å². The first-order chi connectivity index (χ1) is 7.32. The molecule has 1 atom stereocenters. The molecule has 0 rings (SSSR count). The average molecular weight is 266 g/mol. The molecule has 100 valence electrons. The van der Waals surface area contributed by atoms with Gasteiger partial charge in [-0.05, 0) is 6.92 Å². The number of rotatable bonds is 4. The van der Waals surface area contributed by atoms with E-state index in [-0.39, 0.29) is 0 Å². The lowest BCUT2D eigenvalue weighted by atomic mass is 10.1. The number of carbonyl (C=O) groups excluding carboxylic acids is 2. The van der Waals surface area contributed by atoms with Crippen LogP contribution in [0, 0.1) is 0 Å². The Bertz CT molecular complexity index is 325. The maximum absolute atomic E-state index is 13.1. The van der Waals surface area contributed by atoms with Gasteiger partial charge in [-0.25, -0.2) is 4.39 Å². The van der Waals surface area contributed by atoms with E-state index in [0.717, 1.165) is 5.32 Å². The van der Waals surface area contributed by atoms with Crippen molar-refractivity contribution in [3.63, 3.8) is 0 Å². The topological polar surface area (TPSA) is 72.2 Å². The van der Waals surface area contributed by atoms with Crippen molar-refractivity contribution in [2.24, 2.45) is 5.73 Å². The van der Waals surface area contributed by atoms with Gasteiger partial charge in [0.2, 0.25) is 0 Å². The first kappa shape index (κ1) is 15.5. The summed E-state index contributed by atoms with van der Waals surface area (Å²) in [5, 5.41) is 0.966. The first-order valence-electron chi connectivity index (χ1n) is 4.04. The monoisotopic (exact) mass is 266 g/mol. The summed E-state index contributed by atoms with van der Waals surface area (Å²) < 4.78 is 72.6. The molecule has 0 radical (unpaired) electrons. The molecule has 0 bridgehead atoms. The molecular formula is C7H8F6N2O2. The highest BCUT2D eigenvalue weighted by molar-refractivity contribution is 6.07. The third kappa shape index (κ3) is 3.49. The molecule has 4 nitrogen and oxygen atoms in total. The van der Waals surface area contributed by atoms with Crippen LogP contribution in [-0.2, 0) is 9.59 Å². The molecule has 3 N–H and O–H groups in total. The highest BCUT2D eigenvalue weighted by atomic mass is 19.4. The second-order valence-corrected chi connectivity index (χ2v) is 3.25. The van der Waals surface area contributed by atoms with Gasteiger partial charge < -0.3 is 11.1 Å². The van der Waals surface area contributed by atoms with Crippen LogP contribution in [0.3, 0.4) is 0 Å². The molecule has 0 aromatic heterocycles. The van der Waals surface area contributed by atoms with Gasteiger partial charge in [-0.15, -0.1) is 0 Å².